The molecule has 1 heterocycles. The summed E-state index contributed by atoms with van der Waals surface area (Å²) in [4.78, 5) is 12.7. The van der Waals surface area contributed by atoms with Gasteiger partial charge in [-0.05, 0) is 68.3 Å². The zero-order valence-electron chi connectivity index (χ0n) is 16.6. The summed E-state index contributed by atoms with van der Waals surface area (Å²) in [5, 5.41) is 13.6. The average molecular weight is 459 g/mol. The third kappa shape index (κ3) is 4.39. The summed E-state index contributed by atoms with van der Waals surface area (Å²) in [7, 11) is 0. The largest absolute Gasteiger partial charge is 0.320 e. The van der Waals surface area contributed by atoms with Crippen LogP contribution in [-0.2, 0) is 4.79 Å². The zero-order valence-corrected chi connectivity index (χ0v) is 18.8. The number of carbonyl (C=O) groups is 1. The summed E-state index contributed by atoms with van der Waals surface area (Å²) in [6, 6.07) is 14.6. The van der Waals surface area contributed by atoms with Crippen LogP contribution in [0, 0.1) is 32.1 Å². The number of benzene rings is 2. The SMILES string of the molecule is Cc1cccc(Cl)c1NC(=O)/C(C#N)=C/c1cc(C)n(-c2ccc(Cl)c(Cl)c2)c1C. The first-order chi connectivity index (χ1) is 14.2. The predicted molar refractivity (Wildman–Crippen MR) is 124 cm³/mol. The first-order valence-corrected chi connectivity index (χ1v) is 10.2. The highest BCUT2D eigenvalue weighted by Gasteiger charge is 2.16. The molecule has 1 amide bonds. The Morgan fingerprint density at radius 2 is 1.77 bits per heavy atom. The van der Waals surface area contributed by atoms with E-state index < -0.39 is 5.91 Å². The molecule has 0 fully saturated rings. The van der Waals surface area contributed by atoms with Crippen LogP contribution >= 0.6 is 34.8 Å². The highest BCUT2D eigenvalue weighted by molar-refractivity contribution is 6.42. The quantitative estimate of drug-likeness (QED) is 0.341. The van der Waals surface area contributed by atoms with Crippen LogP contribution < -0.4 is 5.32 Å². The molecule has 4 nitrogen and oxygen atoms in total. The van der Waals surface area contributed by atoms with Crippen molar-refractivity contribution in [3.63, 3.8) is 0 Å². The van der Waals surface area contributed by atoms with Gasteiger partial charge in [0, 0.05) is 17.1 Å². The van der Waals surface area contributed by atoms with Gasteiger partial charge in [-0.25, -0.2) is 0 Å². The second-order valence-electron chi connectivity index (χ2n) is 6.82. The lowest BCUT2D eigenvalue weighted by Crippen LogP contribution is -2.14. The van der Waals surface area contributed by atoms with Gasteiger partial charge in [-0.1, -0.05) is 46.9 Å². The number of rotatable bonds is 4. The molecule has 0 aliphatic carbocycles. The monoisotopic (exact) mass is 457 g/mol. The molecular weight excluding hydrogens is 441 g/mol. The van der Waals surface area contributed by atoms with Gasteiger partial charge in [-0.15, -0.1) is 0 Å². The number of aromatic nitrogens is 1. The molecule has 3 rings (SSSR count). The summed E-state index contributed by atoms with van der Waals surface area (Å²) in [6.45, 7) is 5.68. The Labute approximate surface area is 190 Å². The summed E-state index contributed by atoms with van der Waals surface area (Å²) in [5.41, 5.74) is 4.66. The molecule has 0 aliphatic heterocycles. The predicted octanol–water partition coefficient (Wildman–Crippen LogP) is 6.91. The fourth-order valence-electron chi connectivity index (χ4n) is 3.23. The lowest BCUT2D eigenvalue weighted by atomic mass is 10.1. The van der Waals surface area contributed by atoms with Crippen LogP contribution in [0.1, 0.15) is 22.5 Å². The fraction of sp³-hybridized carbons (Fsp3) is 0.130. The minimum atomic E-state index is -0.520. The molecule has 1 aromatic heterocycles. The van der Waals surface area contributed by atoms with Crippen LogP contribution in [-0.4, -0.2) is 10.5 Å². The number of para-hydroxylation sites is 1. The highest BCUT2D eigenvalue weighted by atomic mass is 35.5. The third-order valence-electron chi connectivity index (χ3n) is 4.76. The molecule has 2 aromatic carbocycles. The van der Waals surface area contributed by atoms with E-state index in [1.165, 1.54) is 0 Å². The molecule has 0 unspecified atom stereocenters. The molecule has 0 bridgehead atoms. The number of nitrogens with zero attached hydrogens (tertiary/aromatic N) is 2. The number of nitriles is 1. The van der Waals surface area contributed by atoms with E-state index in [-0.39, 0.29) is 5.57 Å². The van der Waals surface area contributed by atoms with E-state index >= 15 is 0 Å². The topological polar surface area (TPSA) is 57.8 Å². The number of hydrogen-bond acceptors (Lipinski definition) is 2. The first-order valence-electron chi connectivity index (χ1n) is 9.05. The number of carbonyl (C=O) groups excluding carboxylic acids is 1. The second-order valence-corrected chi connectivity index (χ2v) is 8.04. The Balaban J connectivity index is 1.98. The Bertz CT molecular complexity index is 1200. The standard InChI is InChI=1S/C23H18Cl3N3O/c1-13-5-4-6-20(25)22(13)28-23(30)17(12-27)10-16-9-14(2)29(15(16)3)18-7-8-19(24)21(26)11-18/h4-11H,1-3H3,(H,28,30)/b17-10+. The van der Waals surface area contributed by atoms with E-state index in [0.29, 0.717) is 20.8 Å². The fourth-order valence-corrected chi connectivity index (χ4v) is 3.79. The number of anilines is 1. The zero-order chi connectivity index (χ0) is 22.0. The van der Waals surface area contributed by atoms with Gasteiger partial charge in [0.2, 0.25) is 0 Å². The van der Waals surface area contributed by atoms with Crippen LogP contribution in [0.15, 0.2) is 48.0 Å². The van der Waals surface area contributed by atoms with Gasteiger partial charge >= 0.3 is 0 Å². The van der Waals surface area contributed by atoms with Crippen LogP contribution in [0.3, 0.4) is 0 Å². The Kier molecular flexibility index (Phi) is 6.58. The van der Waals surface area contributed by atoms with Crippen molar-refractivity contribution in [2.45, 2.75) is 20.8 Å². The van der Waals surface area contributed by atoms with Gasteiger partial charge in [0.1, 0.15) is 11.6 Å². The van der Waals surface area contributed by atoms with E-state index in [2.05, 4.69) is 5.32 Å². The molecule has 152 valence electrons. The first kappa shape index (κ1) is 22.0. The molecular formula is C23H18Cl3N3O. The highest BCUT2D eigenvalue weighted by Crippen LogP contribution is 2.29. The Hall–Kier alpha value is -2.71. The van der Waals surface area contributed by atoms with Crippen molar-refractivity contribution in [2.24, 2.45) is 0 Å². The van der Waals surface area contributed by atoms with E-state index in [4.69, 9.17) is 34.8 Å². The molecule has 0 atom stereocenters. The van der Waals surface area contributed by atoms with Gasteiger partial charge in [-0.2, -0.15) is 5.26 Å². The van der Waals surface area contributed by atoms with Crippen molar-refractivity contribution in [3.8, 4) is 11.8 Å². The Morgan fingerprint density at radius 3 is 2.40 bits per heavy atom. The van der Waals surface area contributed by atoms with Crippen molar-refractivity contribution in [3.05, 3.63) is 85.6 Å². The smallest absolute Gasteiger partial charge is 0.266 e. The van der Waals surface area contributed by atoms with Crippen molar-refractivity contribution in [2.75, 3.05) is 5.32 Å². The molecule has 3 aromatic rings. The van der Waals surface area contributed by atoms with E-state index in [0.717, 1.165) is 28.2 Å². The maximum atomic E-state index is 12.7. The summed E-state index contributed by atoms with van der Waals surface area (Å²) in [6.07, 6.45) is 1.57. The lowest BCUT2D eigenvalue weighted by Gasteiger charge is -2.11. The Morgan fingerprint density at radius 1 is 1.03 bits per heavy atom. The van der Waals surface area contributed by atoms with Crippen molar-refractivity contribution in [1.82, 2.24) is 4.57 Å². The summed E-state index contributed by atoms with van der Waals surface area (Å²) < 4.78 is 1.99. The number of hydrogen-bond donors (Lipinski definition) is 1. The van der Waals surface area contributed by atoms with E-state index in [1.54, 1.807) is 30.3 Å². The van der Waals surface area contributed by atoms with Crippen molar-refractivity contribution >= 4 is 52.5 Å². The molecule has 0 aliphatic rings. The van der Waals surface area contributed by atoms with Crippen molar-refractivity contribution < 1.29 is 4.79 Å². The normalized spacial score (nSPS) is 11.3. The summed E-state index contributed by atoms with van der Waals surface area (Å²) >= 11 is 18.4. The summed E-state index contributed by atoms with van der Waals surface area (Å²) in [5.74, 6) is -0.520. The number of nitrogens with one attached hydrogen (secondary N) is 1. The maximum Gasteiger partial charge on any atom is 0.266 e. The number of halogens is 3. The van der Waals surface area contributed by atoms with E-state index in [9.17, 15) is 10.1 Å². The van der Waals surface area contributed by atoms with Gasteiger partial charge < -0.3 is 9.88 Å². The molecule has 30 heavy (non-hydrogen) atoms. The number of aryl methyl sites for hydroxylation is 2. The van der Waals surface area contributed by atoms with Crippen LogP contribution in [0.2, 0.25) is 15.1 Å². The number of amides is 1. The van der Waals surface area contributed by atoms with Gasteiger partial charge in [0.15, 0.2) is 0 Å². The minimum Gasteiger partial charge on any atom is -0.320 e. The second kappa shape index (κ2) is 8.97. The molecule has 7 heteroatoms. The molecule has 0 spiro atoms. The van der Waals surface area contributed by atoms with Crippen LogP contribution in [0.5, 0.6) is 0 Å². The van der Waals surface area contributed by atoms with Gasteiger partial charge in [-0.3, -0.25) is 4.79 Å². The molecule has 0 saturated heterocycles. The minimum absolute atomic E-state index is 0.0243. The van der Waals surface area contributed by atoms with Gasteiger partial charge in [0.25, 0.3) is 5.91 Å². The van der Waals surface area contributed by atoms with Gasteiger partial charge in [0.05, 0.1) is 20.8 Å². The average Bonchev–Trinajstić information content (AvgIpc) is 2.98. The lowest BCUT2D eigenvalue weighted by molar-refractivity contribution is -0.112. The molecule has 1 N–H and O–H groups in total. The molecule has 0 radical (unpaired) electrons. The van der Waals surface area contributed by atoms with Crippen LogP contribution in [0.4, 0.5) is 5.69 Å². The molecule has 0 saturated carbocycles. The van der Waals surface area contributed by atoms with Crippen molar-refractivity contribution in [1.29, 1.82) is 5.26 Å². The third-order valence-corrected chi connectivity index (χ3v) is 5.81. The van der Waals surface area contributed by atoms with Crippen LogP contribution in [0.25, 0.3) is 11.8 Å². The maximum absolute atomic E-state index is 12.7. The van der Waals surface area contributed by atoms with E-state index in [1.807, 2.05) is 49.6 Å².